The van der Waals surface area contributed by atoms with Gasteiger partial charge in [-0.3, -0.25) is 4.79 Å². The molecule has 0 aliphatic rings. The van der Waals surface area contributed by atoms with Gasteiger partial charge in [0.25, 0.3) is 5.91 Å². The maximum absolute atomic E-state index is 12.4. The monoisotopic (exact) mass is 347 g/mol. The fraction of sp³-hybridized carbons (Fsp3) is 0.235. The van der Waals surface area contributed by atoms with Crippen LogP contribution >= 0.6 is 15.9 Å². The molecule has 0 radical (unpaired) electrons. The van der Waals surface area contributed by atoms with Gasteiger partial charge in [-0.2, -0.15) is 0 Å². The first-order valence-electron chi connectivity index (χ1n) is 6.83. The Morgan fingerprint density at radius 1 is 1.19 bits per heavy atom. The number of halogens is 1. The molecule has 0 atom stereocenters. The Balaban J connectivity index is 2.14. The van der Waals surface area contributed by atoms with Gasteiger partial charge in [-0.1, -0.05) is 40.2 Å². The van der Waals surface area contributed by atoms with Crippen molar-refractivity contribution in [1.82, 2.24) is 4.90 Å². The van der Waals surface area contributed by atoms with Crippen LogP contribution in [0.2, 0.25) is 0 Å². The highest BCUT2D eigenvalue weighted by Crippen LogP contribution is 2.20. The van der Waals surface area contributed by atoms with E-state index in [1.807, 2.05) is 55.5 Å². The van der Waals surface area contributed by atoms with Gasteiger partial charge in [0.05, 0.1) is 6.61 Å². The Hall–Kier alpha value is -1.81. The van der Waals surface area contributed by atoms with Crippen molar-refractivity contribution in [2.45, 2.75) is 13.5 Å². The van der Waals surface area contributed by atoms with E-state index in [0.717, 1.165) is 15.8 Å². The lowest BCUT2D eigenvalue weighted by Crippen LogP contribution is -2.26. The van der Waals surface area contributed by atoms with Gasteiger partial charge in [-0.15, -0.1) is 0 Å². The highest BCUT2D eigenvalue weighted by atomic mass is 79.9. The van der Waals surface area contributed by atoms with Gasteiger partial charge in [0.2, 0.25) is 0 Å². The third kappa shape index (κ3) is 4.08. The first-order chi connectivity index (χ1) is 10.1. The van der Waals surface area contributed by atoms with E-state index < -0.39 is 0 Å². The second-order valence-corrected chi connectivity index (χ2v) is 5.63. The van der Waals surface area contributed by atoms with Crippen LogP contribution in [0.3, 0.4) is 0 Å². The van der Waals surface area contributed by atoms with E-state index >= 15 is 0 Å². The summed E-state index contributed by atoms with van der Waals surface area (Å²) in [4.78, 5) is 14.1. The molecule has 110 valence electrons. The zero-order valence-corrected chi connectivity index (χ0v) is 13.8. The molecule has 0 spiro atoms. The van der Waals surface area contributed by atoms with Crippen molar-refractivity contribution in [3.8, 4) is 5.75 Å². The van der Waals surface area contributed by atoms with Crippen LogP contribution in [-0.2, 0) is 6.54 Å². The Morgan fingerprint density at radius 3 is 2.67 bits per heavy atom. The molecule has 0 saturated heterocycles. The Bertz CT molecular complexity index is 628. The topological polar surface area (TPSA) is 29.5 Å². The normalized spacial score (nSPS) is 10.2. The minimum absolute atomic E-state index is 0.0115. The molecule has 0 unspecified atom stereocenters. The molecule has 4 heteroatoms. The predicted molar refractivity (Wildman–Crippen MR) is 87.6 cm³/mol. The zero-order chi connectivity index (χ0) is 15.2. The number of carbonyl (C=O) groups is 1. The second-order valence-electron chi connectivity index (χ2n) is 4.71. The maximum Gasteiger partial charge on any atom is 0.253 e. The number of ether oxygens (including phenoxy) is 1. The van der Waals surface area contributed by atoms with Crippen molar-refractivity contribution in [3.05, 3.63) is 64.1 Å². The molecule has 0 saturated carbocycles. The molecular weight excluding hydrogens is 330 g/mol. The first-order valence-corrected chi connectivity index (χ1v) is 7.63. The fourth-order valence-corrected chi connectivity index (χ4v) is 2.50. The van der Waals surface area contributed by atoms with Crippen molar-refractivity contribution >= 4 is 21.8 Å². The molecule has 2 aromatic carbocycles. The number of para-hydroxylation sites is 1. The summed E-state index contributed by atoms with van der Waals surface area (Å²) < 4.78 is 6.50. The molecule has 0 aromatic heterocycles. The van der Waals surface area contributed by atoms with E-state index in [1.165, 1.54) is 0 Å². The molecule has 21 heavy (non-hydrogen) atoms. The lowest BCUT2D eigenvalue weighted by atomic mass is 10.1. The highest BCUT2D eigenvalue weighted by Gasteiger charge is 2.14. The molecule has 2 rings (SSSR count). The first kappa shape index (κ1) is 15.6. The number of hydrogen-bond donors (Lipinski definition) is 0. The predicted octanol–water partition coefficient (Wildman–Crippen LogP) is 4.12. The SMILES string of the molecule is CCOc1ccccc1CN(C)C(=O)c1cccc(Br)c1. The van der Waals surface area contributed by atoms with Crippen molar-refractivity contribution in [1.29, 1.82) is 0 Å². The molecule has 0 fully saturated rings. The summed E-state index contributed by atoms with van der Waals surface area (Å²) in [6, 6.07) is 15.2. The maximum atomic E-state index is 12.4. The summed E-state index contributed by atoms with van der Waals surface area (Å²) in [5.74, 6) is 0.816. The highest BCUT2D eigenvalue weighted by molar-refractivity contribution is 9.10. The summed E-state index contributed by atoms with van der Waals surface area (Å²) in [6.45, 7) is 3.08. The Labute approximate surface area is 133 Å². The molecule has 0 heterocycles. The minimum atomic E-state index is -0.0115. The van der Waals surface area contributed by atoms with E-state index in [4.69, 9.17) is 4.74 Å². The number of amides is 1. The van der Waals surface area contributed by atoms with Crippen LogP contribution in [0.25, 0.3) is 0 Å². The second kappa shape index (κ2) is 7.27. The summed E-state index contributed by atoms with van der Waals surface area (Å²) >= 11 is 3.39. The van der Waals surface area contributed by atoms with E-state index in [9.17, 15) is 4.79 Å². The molecule has 1 amide bonds. The summed E-state index contributed by atoms with van der Waals surface area (Å²) in [6.07, 6.45) is 0. The lowest BCUT2D eigenvalue weighted by Gasteiger charge is -2.19. The van der Waals surface area contributed by atoms with Crippen molar-refractivity contribution < 1.29 is 9.53 Å². The Kier molecular flexibility index (Phi) is 5.39. The quantitative estimate of drug-likeness (QED) is 0.814. The number of carbonyl (C=O) groups excluding carboxylic acids is 1. The fourth-order valence-electron chi connectivity index (χ4n) is 2.10. The van der Waals surface area contributed by atoms with Gasteiger partial charge in [-0.05, 0) is 31.2 Å². The molecular formula is C17H18BrNO2. The van der Waals surface area contributed by atoms with E-state index in [1.54, 1.807) is 11.9 Å². The van der Waals surface area contributed by atoms with Gasteiger partial charge in [0, 0.05) is 29.2 Å². The van der Waals surface area contributed by atoms with Crippen molar-refractivity contribution in [2.75, 3.05) is 13.7 Å². The third-order valence-corrected chi connectivity index (χ3v) is 3.59. The summed E-state index contributed by atoms with van der Waals surface area (Å²) in [5.41, 5.74) is 1.67. The third-order valence-electron chi connectivity index (χ3n) is 3.10. The molecule has 0 aliphatic heterocycles. The van der Waals surface area contributed by atoms with Crippen LogP contribution in [0.4, 0.5) is 0 Å². The molecule has 0 N–H and O–H groups in total. The zero-order valence-electron chi connectivity index (χ0n) is 12.2. The number of rotatable bonds is 5. The number of hydrogen-bond acceptors (Lipinski definition) is 2. The number of benzene rings is 2. The smallest absolute Gasteiger partial charge is 0.253 e. The molecule has 0 bridgehead atoms. The van der Waals surface area contributed by atoms with Crippen molar-refractivity contribution in [2.24, 2.45) is 0 Å². The van der Waals surface area contributed by atoms with Crippen LogP contribution < -0.4 is 4.74 Å². The standard InChI is InChI=1S/C17H18BrNO2/c1-3-21-16-10-5-4-7-14(16)12-19(2)17(20)13-8-6-9-15(18)11-13/h4-11H,3,12H2,1-2H3. The summed E-state index contributed by atoms with van der Waals surface area (Å²) in [7, 11) is 1.80. The number of nitrogens with zero attached hydrogens (tertiary/aromatic N) is 1. The van der Waals surface area contributed by atoms with E-state index in [0.29, 0.717) is 18.7 Å². The van der Waals surface area contributed by atoms with E-state index in [-0.39, 0.29) is 5.91 Å². The van der Waals surface area contributed by atoms with Crippen LogP contribution in [-0.4, -0.2) is 24.5 Å². The van der Waals surface area contributed by atoms with Crippen LogP contribution in [0.1, 0.15) is 22.8 Å². The Morgan fingerprint density at radius 2 is 1.95 bits per heavy atom. The van der Waals surface area contributed by atoms with Gasteiger partial charge in [0.1, 0.15) is 5.75 Å². The average molecular weight is 348 g/mol. The van der Waals surface area contributed by atoms with Gasteiger partial charge >= 0.3 is 0 Å². The van der Waals surface area contributed by atoms with Crippen LogP contribution in [0.5, 0.6) is 5.75 Å². The largest absolute Gasteiger partial charge is 0.494 e. The average Bonchev–Trinajstić information content (AvgIpc) is 2.48. The van der Waals surface area contributed by atoms with Crippen molar-refractivity contribution in [3.63, 3.8) is 0 Å². The molecule has 0 aliphatic carbocycles. The van der Waals surface area contributed by atoms with Gasteiger partial charge in [0.15, 0.2) is 0 Å². The summed E-state index contributed by atoms with van der Waals surface area (Å²) in [5, 5.41) is 0. The van der Waals surface area contributed by atoms with Gasteiger partial charge in [-0.25, -0.2) is 0 Å². The van der Waals surface area contributed by atoms with Crippen LogP contribution in [0, 0.1) is 0 Å². The molecule has 3 nitrogen and oxygen atoms in total. The molecule has 2 aromatic rings. The van der Waals surface area contributed by atoms with Crippen LogP contribution in [0.15, 0.2) is 53.0 Å². The van der Waals surface area contributed by atoms with E-state index in [2.05, 4.69) is 15.9 Å². The van der Waals surface area contributed by atoms with Gasteiger partial charge < -0.3 is 9.64 Å². The minimum Gasteiger partial charge on any atom is -0.494 e. The lowest BCUT2D eigenvalue weighted by molar-refractivity contribution is 0.0784.